The first-order valence-electron chi connectivity index (χ1n) is 4.28. The van der Waals surface area contributed by atoms with Crippen molar-refractivity contribution < 1.29 is 73.6 Å². The van der Waals surface area contributed by atoms with Crippen molar-refractivity contribution in [2.24, 2.45) is 0 Å². The van der Waals surface area contributed by atoms with Crippen molar-refractivity contribution in [3.8, 4) is 0 Å². The minimum atomic E-state index is -4.75. The molecule has 1 aliphatic heterocycles. The SMILES string of the molecule is O=P(O)(O)OCC1OC([O-])C(O)C(O)C1O.[Na+]. The van der Waals surface area contributed by atoms with Crippen molar-refractivity contribution in [2.45, 2.75) is 30.7 Å². The van der Waals surface area contributed by atoms with Crippen LogP contribution in [0.4, 0.5) is 0 Å². The Hall–Kier alpha value is 0.910. The normalized spacial score (nSPS) is 38.6. The van der Waals surface area contributed by atoms with Crippen molar-refractivity contribution in [3.05, 3.63) is 0 Å². The average Bonchev–Trinajstić information content (AvgIpc) is 2.17. The zero-order valence-electron chi connectivity index (χ0n) is 8.91. The number of aliphatic hydroxyl groups is 3. The van der Waals surface area contributed by atoms with Gasteiger partial charge >= 0.3 is 37.4 Å². The summed E-state index contributed by atoms with van der Waals surface area (Å²) in [7, 11) is -4.75. The third-order valence-corrected chi connectivity index (χ3v) is 2.56. The quantitative estimate of drug-likeness (QED) is 0.250. The molecule has 1 aliphatic rings. The molecule has 96 valence electrons. The third-order valence-electron chi connectivity index (χ3n) is 2.08. The van der Waals surface area contributed by atoms with E-state index in [0.29, 0.717) is 0 Å². The van der Waals surface area contributed by atoms with E-state index in [-0.39, 0.29) is 29.6 Å². The molecule has 0 spiro atoms. The van der Waals surface area contributed by atoms with E-state index in [2.05, 4.69) is 9.26 Å². The van der Waals surface area contributed by atoms with Crippen molar-refractivity contribution >= 4 is 7.82 Å². The van der Waals surface area contributed by atoms with E-state index in [1.165, 1.54) is 0 Å². The molecule has 5 atom stereocenters. The molecule has 5 N–H and O–H groups in total. The Morgan fingerprint density at radius 1 is 1.18 bits per heavy atom. The number of phosphoric ester groups is 1. The topological polar surface area (TPSA) is 160 Å². The summed E-state index contributed by atoms with van der Waals surface area (Å²) < 4.78 is 18.9. The largest absolute Gasteiger partial charge is 1.00 e. The second-order valence-corrected chi connectivity index (χ2v) is 4.54. The maximum absolute atomic E-state index is 11.0. The van der Waals surface area contributed by atoms with Gasteiger partial charge in [0.1, 0.15) is 18.3 Å². The molecule has 17 heavy (non-hydrogen) atoms. The molecule has 1 saturated heterocycles. The van der Waals surface area contributed by atoms with Gasteiger partial charge in [0, 0.05) is 6.29 Å². The predicted octanol–water partition coefficient (Wildman–Crippen LogP) is -6.73. The minimum absolute atomic E-state index is 0. The maximum atomic E-state index is 11.0. The molecular formula is C6H12NaO9P. The van der Waals surface area contributed by atoms with E-state index >= 15 is 0 Å². The van der Waals surface area contributed by atoms with Crippen LogP contribution in [0.15, 0.2) is 0 Å². The van der Waals surface area contributed by atoms with Crippen LogP contribution in [0, 0.1) is 0 Å². The number of phosphoric acid groups is 1. The van der Waals surface area contributed by atoms with Gasteiger partial charge in [0.2, 0.25) is 0 Å². The molecule has 0 saturated carbocycles. The van der Waals surface area contributed by atoms with Gasteiger partial charge in [-0.3, -0.25) is 4.52 Å². The van der Waals surface area contributed by atoms with Crippen molar-refractivity contribution in [1.82, 2.24) is 0 Å². The number of rotatable bonds is 3. The van der Waals surface area contributed by atoms with Gasteiger partial charge in [-0.25, -0.2) is 4.57 Å². The average molecular weight is 282 g/mol. The van der Waals surface area contributed by atoms with Crippen LogP contribution in [-0.2, 0) is 13.8 Å². The Balaban J connectivity index is 0.00000256. The van der Waals surface area contributed by atoms with E-state index in [0.717, 1.165) is 0 Å². The van der Waals surface area contributed by atoms with Crippen molar-refractivity contribution in [2.75, 3.05) is 6.61 Å². The second-order valence-electron chi connectivity index (χ2n) is 3.30. The molecule has 0 aliphatic carbocycles. The van der Waals surface area contributed by atoms with Crippen molar-refractivity contribution in [3.63, 3.8) is 0 Å². The van der Waals surface area contributed by atoms with Crippen LogP contribution in [0.3, 0.4) is 0 Å². The van der Waals surface area contributed by atoms with Gasteiger partial charge in [-0.15, -0.1) is 0 Å². The first-order valence-corrected chi connectivity index (χ1v) is 5.81. The molecule has 0 aromatic carbocycles. The standard InChI is InChI=1S/C6H12O9P.Na/c7-3-2(1-14-16(11,12)13)15-6(10)5(9)4(3)8;/h2-9H,1H2,(H2,11,12,13);/q-1;+1. The Kier molecular flexibility index (Phi) is 7.27. The zero-order chi connectivity index (χ0) is 12.5. The van der Waals surface area contributed by atoms with E-state index in [9.17, 15) is 19.9 Å². The maximum Gasteiger partial charge on any atom is 1.00 e. The van der Waals surface area contributed by atoms with Crippen LogP contribution in [0.5, 0.6) is 0 Å². The molecule has 0 bridgehead atoms. The molecule has 0 radical (unpaired) electrons. The fourth-order valence-corrected chi connectivity index (χ4v) is 1.57. The molecule has 0 aromatic heterocycles. The molecule has 0 amide bonds. The summed E-state index contributed by atoms with van der Waals surface area (Å²) >= 11 is 0. The molecule has 11 heteroatoms. The van der Waals surface area contributed by atoms with Gasteiger partial charge in [-0.05, 0) is 0 Å². The number of aliphatic hydroxyl groups excluding tert-OH is 3. The predicted molar refractivity (Wildman–Crippen MR) is 44.7 cm³/mol. The summed E-state index contributed by atoms with van der Waals surface area (Å²) in [6, 6.07) is 0. The summed E-state index contributed by atoms with van der Waals surface area (Å²) in [5.41, 5.74) is 0. The summed E-state index contributed by atoms with van der Waals surface area (Å²) in [4.78, 5) is 16.8. The minimum Gasteiger partial charge on any atom is -0.829 e. The van der Waals surface area contributed by atoms with Crippen molar-refractivity contribution in [1.29, 1.82) is 0 Å². The van der Waals surface area contributed by atoms with Gasteiger partial charge in [0.25, 0.3) is 0 Å². The molecule has 1 fully saturated rings. The van der Waals surface area contributed by atoms with Crippen LogP contribution in [-0.4, -0.2) is 62.4 Å². The molecular weight excluding hydrogens is 270 g/mol. The van der Waals surface area contributed by atoms with Gasteiger partial charge in [-0.2, -0.15) is 0 Å². The number of hydrogen-bond donors (Lipinski definition) is 5. The van der Waals surface area contributed by atoms with E-state index < -0.39 is 45.1 Å². The first-order chi connectivity index (χ1) is 7.22. The summed E-state index contributed by atoms with van der Waals surface area (Å²) in [5, 5.41) is 38.5. The van der Waals surface area contributed by atoms with Crippen LogP contribution >= 0.6 is 7.82 Å². The van der Waals surface area contributed by atoms with E-state index in [1.54, 1.807) is 0 Å². The van der Waals surface area contributed by atoms with Gasteiger partial charge in [0.15, 0.2) is 0 Å². The number of hydrogen-bond acceptors (Lipinski definition) is 7. The summed E-state index contributed by atoms with van der Waals surface area (Å²) in [6.07, 6.45) is -8.63. The summed E-state index contributed by atoms with van der Waals surface area (Å²) in [5.74, 6) is 0. The van der Waals surface area contributed by atoms with E-state index in [1.807, 2.05) is 0 Å². The van der Waals surface area contributed by atoms with Gasteiger partial charge in [0.05, 0.1) is 12.7 Å². The van der Waals surface area contributed by atoms with Gasteiger partial charge < -0.3 is 34.9 Å². The molecule has 0 aromatic rings. The first kappa shape index (κ1) is 17.9. The van der Waals surface area contributed by atoms with Crippen LogP contribution < -0.4 is 34.7 Å². The van der Waals surface area contributed by atoms with Crippen LogP contribution in [0.2, 0.25) is 0 Å². The van der Waals surface area contributed by atoms with Crippen LogP contribution in [0.1, 0.15) is 0 Å². The zero-order valence-corrected chi connectivity index (χ0v) is 11.8. The Morgan fingerprint density at radius 2 is 1.71 bits per heavy atom. The molecule has 5 unspecified atom stereocenters. The Bertz CT molecular complexity index is 283. The smallest absolute Gasteiger partial charge is 0.829 e. The van der Waals surface area contributed by atoms with Gasteiger partial charge in [-0.1, -0.05) is 0 Å². The molecule has 1 rings (SSSR count). The monoisotopic (exact) mass is 282 g/mol. The van der Waals surface area contributed by atoms with E-state index in [4.69, 9.17) is 14.9 Å². The fourth-order valence-electron chi connectivity index (χ4n) is 1.22. The fraction of sp³-hybridized carbons (Fsp3) is 1.00. The third kappa shape index (κ3) is 5.19. The Labute approximate surface area is 119 Å². The molecule has 9 nitrogen and oxygen atoms in total. The van der Waals surface area contributed by atoms with Crippen LogP contribution in [0.25, 0.3) is 0 Å². The molecule has 1 heterocycles. The number of ether oxygens (including phenoxy) is 1. The Morgan fingerprint density at radius 3 is 2.18 bits per heavy atom. The summed E-state index contributed by atoms with van der Waals surface area (Å²) in [6.45, 7) is -0.770. The second kappa shape index (κ2) is 6.90.